The molecule has 6 atom stereocenters. The highest BCUT2D eigenvalue weighted by atomic mass is 16.6. The van der Waals surface area contributed by atoms with E-state index < -0.39 is 29.6 Å². The van der Waals surface area contributed by atoms with Crippen molar-refractivity contribution in [3.63, 3.8) is 0 Å². The van der Waals surface area contributed by atoms with Crippen LogP contribution in [0.25, 0.3) is 0 Å². The average Bonchev–Trinajstić information content (AvgIpc) is 3.39. The lowest BCUT2D eigenvalue weighted by atomic mass is 9.75. The van der Waals surface area contributed by atoms with Crippen LogP contribution < -0.4 is 0 Å². The van der Waals surface area contributed by atoms with Gasteiger partial charge in [0.05, 0.1) is 31.6 Å². The minimum absolute atomic E-state index is 0.0624. The van der Waals surface area contributed by atoms with Gasteiger partial charge in [-0.15, -0.1) is 0 Å². The molecule has 2 aliphatic heterocycles. The Kier molecular flexibility index (Phi) is 5.95. The number of carbonyl (C=O) groups is 3. The van der Waals surface area contributed by atoms with E-state index >= 15 is 0 Å². The second kappa shape index (κ2) is 8.60. The molecule has 5 rings (SSSR count). The predicted molar refractivity (Wildman–Crippen MR) is 112 cm³/mol. The number of ether oxygens (including phenoxy) is 4. The van der Waals surface area contributed by atoms with Gasteiger partial charge >= 0.3 is 17.9 Å². The molecule has 32 heavy (non-hydrogen) atoms. The highest BCUT2D eigenvalue weighted by Crippen LogP contribution is 2.59. The van der Waals surface area contributed by atoms with Gasteiger partial charge in [0.2, 0.25) is 0 Å². The monoisotopic (exact) mass is 449 g/mol. The molecule has 3 aliphatic carbocycles. The molecule has 0 amide bonds. The van der Waals surface area contributed by atoms with Crippen molar-refractivity contribution < 1.29 is 33.3 Å². The van der Waals surface area contributed by atoms with Crippen LogP contribution in [0.4, 0.5) is 0 Å². The molecule has 8 nitrogen and oxygen atoms in total. The second-order valence-electron chi connectivity index (χ2n) is 10.6. The van der Waals surface area contributed by atoms with Crippen LogP contribution in [0.15, 0.2) is 0 Å². The van der Waals surface area contributed by atoms with Gasteiger partial charge in [0.15, 0.2) is 0 Å². The lowest BCUT2D eigenvalue weighted by Crippen LogP contribution is -2.49. The number of hydrogen-bond donors (Lipinski definition) is 0. The molecule has 178 valence electrons. The summed E-state index contributed by atoms with van der Waals surface area (Å²) in [5, 5.41) is 0. The summed E-state index contributed by atoms with van der Waals surface area (Å²) >= 11 is 0. The number of hydrogen-bond acceptors (Lipinski definition) is 8. The summed E-state index contributed by atoms with van der Waals surface area (Å²) in [6.07, 6.45) is 4.69. The molecule has 5 aliphatic rings. The van der Waals surface area contributed by atoms with Crippen LogP contribution in [-0.4, -0.2) is 73.5 Å². The standard InChI is InChI=1S/C24H35NO7/c1-14(2)24(6-4-3-5-7-24)32-23(28)19-16-12-15-18(19)22(27)31-21(15)20(16)30-17(26)13-25-8-10-29-11-9-25/h14-16,18-21H,3-13H2,1-2H3. The molecule has 2 saturated heterocycles. The maximum Gasteiger partial charge on any atom is 0.320 e. The van der Waals surface area contributed by atoms with E-state index in [0.717, 1.165) is 32.1 Å². The Morgan fingerprint density at radius 2 is 1.84 bits per heavy atom. The number of nitrogens with zero attached hydrogens (tertiary/aromatic N) is 1. The van der Waals surface area contributed by atoms with E-state index in [-0.39, 0.29) is 42.2 Å². The zero-order valence-corrected chi connectivity index (χ0v) is 19.1. The molecule has 8 heteroatoms. The zero-order valence-electron chi connectivity index (χ0n) is 19.1. The zero-order chi connectivity index (χ0) is 22.5. The summed E-state index contributed by atoms with van der Waals surface area (Å²) in [5.74, 6) is -2.06. The highest BCUT2D eigenvalue weighted by Gasteiger charge is 2.70. The average molecular weight is 450 g/mol. The van der Waals surface area contributed by atoms with Crippen LogP contribution >= 0.6 is 0 Å². The van der Waals surface area contributed by atoms with Gasteiger partial charge in [-0.3, -0.25) is 19.3 Å². The lowest BCUT2D eigenvalue weighted by molar-refractivity contribution is -0.183. The van der Waals surface area contributed by atoms with Gasteiger partial charge < -0.3 is 18.9 Å². The quantitative estimate of drug-likeness (QED) is 0.449. The van der Waals surface area contributed by atoms with Crippen LogP contribution in [0, 0.1) is 29.6 Å². The number of fused-ring (bicyclic) bond motifs is 1. The summed E-state index contributed by atoms with van der Waals surface area (Å²) < 4.78 is 23.1. The van der Waals surface area contributed by atoms with Crippen molar-refractivity contribution in [3.8, 4) is 0 Å². The van der Waals surface area contributed by atoms with E-state index in [1.807, 2.05) is 4.90 Å². The maximum absolute atomic E-state index is 13.5. The normalized spacial score (nSPS) is 38.0. The fraction of sp³-hybridized carbons (Fsp3) is 0.875. The number of carbonyl (C=O) groups excluding carboxylic acids is 3. The Bertz CT molecular complexity index is 755. The fourth-order valence-corrected chi connectivity index (χ4v) is 6.82. The maximum atomic E-state index is 13.5. The minimum atomic E-state index is -0.579. The number of morpholine rings is 1. The summed E-state index contributed by atoms with van der Waals surface area (Å²) in [6, 6.07) is 0. The molecule has 0 radical (unpaired) electrons. The van der Waals surface area contributed by atoms with Crippen molar-refractivity contribution in [1.82, 2.24) is 4.90 Å². The molecule has 0 aromatic carbocycles. The first-order valence-electron chi connectivity index (χ1n) is 12.3. The van der Waals surface area contributed by atoms with Crippen molar-refractivity contribution in [3.05, 3.63) is 0 Å². The van der Waals surface area contributed by atoms with Gasteiger partial charge in [-0.25, -0.2) is 0 Å². The Morgan fingerprint density at radius 3 is 2.53 bits per heavy atom. The molecule has 5 fully saturated rings. The molecule has 0 aromatic rings. The van der Waals surface area contributed by atoms with Gasteiger partial charge in [-0.1, -0.05) is 20.3 Å². The van der Waals surface area contributed by atoms with Crippen LogP contribution in [-0.2, 0) is 33.3 Å². The van der Waals surface area contributed by atoms with Crippen molar-refractivity contribution >= 4 is 17.9 Å². The van der Waals surface area contributed by atoms with Gasteiger partial charge in [0, 0.05) is 24.9 Å². The first-order chi connectivity index (χ1) is 15.4. The highest BCUT2D eigenvalue weighted by molar-refractivity contribution is 5.86. The summed E-state index contributed by atoms with van der Waals surface area (Å²) in [4.78, 5) is 40.8. The van der Waals surface area contributed by atoms with E-state index in [4.69, 9.17) is 18.9 Å². The van der Waals surface area contributed by atoms with E-state index in [2.05, 4.69) is 13.8 Å². The van der Waals surface area contributed by atoms with Gasteiger partial charge in [-0.05, 0) is 38.0 Å². The first kappa shape index (κ1) is 22.1. The Labute approximate surface area is 189 Å². The molecule has 0 N–H and O–H groups in total. The molecular formula is C24H35NO7. The van der Waals surface area contributed by atoms with E-state index in [1.54, 1.807) is 0 Å². The van der Waals surface area contributed by atoms with Crippen LogP contribution in [0.2, 0.25) is 0 Å². The van der Waals surface area contributed by atoms with Gasteiger partial charge in [-0.2, -0.15) is 0 Å². The Balaban J connectivity index is 1.29. The Morgan fingerprint density at radius 1 is 1.12 bits per heavy atom. The van der Waals surface area contributed by atoms with Crippen LogP contribution in [0.5, 0.6) is 0 Å². The molecule has 0 spiro atoms. The van der Waals surface area contributed by atoms with E-state index in [0.29, 0.717) is 32.7 Å². The molecule has 3 saturated carbocycles. The van der Waals surface area contributed by atoms with E-state index in [1.165, 1.54) is 0 Å². The third kappa shape index (κ3) is 3.73. The van der Waals surface area contributed by atoms with Crippen molar-refractivity contribution in [2.45, 2.75) is 70.2 Å². The SMILES string of the molecule is CC(C)C1(OC(=O)C2C3CC4C(OC(=O)C42)C3OC(=O)CN2CCOCC2)CCCCC1. The van der Waals surface area contributed by atoms with Crippen LogP contribution in [0.1, 0.15) is 52.4 Å². The molecular weight excluding hydrogens is 414 g/mol. The van der Waals surface area contributed by atoms with Crippen molar-refractivity contribution in [1.29, 1.82) is 0 Å². The minimum Gasteiger partial charge on any atom is -0.459 e. The van der Waals surface area contributed by atoms with Gasteiger partial charge in [0.25, 0.3) is 0 Å². The summed E-state index contributed by atoms with van der Waals surface area (Å²) in [7, 11) is 0. The number of rotatable bonds is 6. The topological polar surface area (TPSA) is 91.4 Å². The second-order valence-corrected chi connectivity index (χ2v) is 10.6. The largest absolute Gasteiger partial charge is 0.459 e. The molecule has 2 heterocycles. The van der Waals surface area contributed by atoms with Crippen molar-refractivity contribution in [2.75, 3.05) is 32.8 Å². The summed E-state index contributed by atoms with van der Waals surface area (Å²) in [6.45, 7) is 7.00. The lowest BCUT2D eigenvalue weighted by Gasteiger charge is -2.42. The van der Waals surface area contributed by atoms with Gasteiger partial charge in [0.1, 0.15) is 17.8 Å². The number of esters is 3. The van der Waals surface area contributed by atoms with Crippen LogP contribution in [0.3, 0.4) is 0 Å². The Hall–Kier alpha value is -1.67. The first-order valence-corrected chi connectivity index (χ1v) is 12.3. The fourth-order valence-electron chi connectivity index (χ4n) is 6.82. The van der Waals surface area contributed by atoms with Crippen molar-refractivity contribution in [2.24, 2.45) is 29.6 Å². The molecule has 2 bridgehead atoms. The predicted octanol–water partition coefficient (Wildman–Crippen LogP) is 1.94. The third-order valence-corrected chi connectivity index (χ3v) is 8.60. The molecule has 0 aromatic heterocycles. The molecule has 6 unspecified atom stereocenters. The third-order valence-electron chi connectivity index (χ3n) is 8.60. The van der Waals surface area contributed by atoms with E-state index in [9.17, 15) is 14.4 Å². The smallest absolute Gasteiger partial charge is 0.320 e. The summed E-state index contributed by atoms with van der Waals surface area (Å²) in [5.41, 5.74) is -0.457.